The number of pyridine rings is 1. The zero-order chi connectivity index (χ0) is 32.8. The Morgan fingerprint density at radius 1 is 1.04 bits per heavy atom. The van der Waals surface area contributed by atoms with Gasteiger partial charge in [-0.2, -0.15) is 0 Å². The Labute approximate surface area is 270 Å². The molecule has 1 aliphatic heterocycles. The number of aromatic nitrogens is 2. The van der Waals surface area contributed by atoms with Crippen LogP contribution in [0.5, 0.6) is 0 Å². The highest BCUT2D eigenvalue weighted by molar-refractivity contribution is 6.04. The molecule has 2 aromatic heterocycles. The van der Waals surface area contributed by atoms with Crippen LogP contribution in [0.1, 0.15) is 38.1 Å². The van der Waals surface area contributed by atoms with Crippen molar-refractivity contribution in [3.63, 3.8) is 0 Å². The van der Waals surface area contributed by atoms with Gasteiger partial charge in [0.2, 0.25) is 0 Å². The molecule has 1 fully saturated rings. The molecule has 0 spiro atoms. The van der Waals surface area contributed by atoms with Gasteiger partial charge in [0.05, 0.1) is 18.2 Å². The van der Waals surface area contributed by atoms with Gasteiger partial charge in [0.15, 0.2) is 0 Å². The number of hydrogen-bond donors (Lipinski definition) is 3. The number of piperazine rings is 1. The molecule has 0 bridgehead atoms. The molecule has 3 atom stereocenters. The number of β-amino-alcohol motifs (C(OH)–C–C–N with tert-alkyl or cyclic N) is 1. The number of carbonyl (C=O) groups excluding carboxylic acids is 2. The van der Waals surface area contributed by atoms with Crippen LogP contribution >= 0.6 is 0 Å². The SMILES string of the molecule is CCOCCN(c1ccnc(NC(=O)c2ccc(N3C[C@@H](C)N(C[C@H](C)O)[C@@H](C)C3)cc2)c1)c1ccc2c(ccn2C(=O)NC)c1. The van der Waals surface area contributed by atoms with Crippen molar-refractivity contribution in [2.24, 2.45) is 0 Å². The van der Waals surface area contributed by atoms with Gasteiger partial charge in [-0.15, -0.1) is 0 Å². The van der Waals surface area contributed by atoms with Crippen molar-refractivity contribution in [1.29, 1.82) is 0 Å². The fourth-order valence-electron chi connectivity index (χ4n) is 6.20. The minimum Gasteiger partial charge on any atom is -0.392 e. The first-order chi connectivity index (χ1) is 22.2. The fraction of sp³-hybridized carbons (Fsp3) is 0.400. The van der Waals surface area contributed by atoms with Gasteiger partial charge in [-0.3, -0.25) is 14.3 Å². The number of fused-ring (bicyclic) bond motifs is 1. The molecule has 11 heteroatoms. The summed E-state index contributed by atoms with van der Waals surface area (Å²) in [5.41, 5.74) is 4.20. The summed E-state index contributed by atoms with van der Waals surface area (Å²) < 4.78 is 7.26. The molecule has 1 saturated heterocycles. The lowest BCUT2D eigenvalue weighted by Gasteiger charge is -2.45. The largest absolute Gasteiger partial charge is 0.392 e. The third kappa shape index (κ3) is 7.50. The Morgan fingerprint density at radius 2 is 1.76 bits per heavy atom. The topological polar surface area (TPSA) is 115 Å². The van der Waals surface area contributed by atoms with Gasteiger partial charge in [-0.25, -0.2) is 9.78 Å². The van der Waals surface area contributed by atoms with E-state index < -0.39 is 0 Å². The second kappa shape index (κ2) is 14.8. The third-order valence-corrected chi connectivity index (χ3v) is 8.45. The first-order valence-electron chi connectivity index (χ1n) is 15.9. The van der Waals surface area contributed by atoms with E-state index in [-0.39, 0.29) is 18.0 Å². The van der Waals surface area contributed by atoms with E-state index in [1.165, 1.54) is 0 Å². The van der Waals surface area contributed by atoms with Crippen LogP contribution in [-0.4, -0.2) is 96.1 Å². The number of benzene rings is 2. The van der Waals surface area contributed by atoms with Crippen LogP contribution in [0.2, 0.25) is 0 Å². The molecule has 1 aliphatic rings. The van der Waals surface area contributed by atoms with E-state index in [1.807, 2.05) is 74.5 Å². The zero-order valence-electron chi connectivity index (χ0n) is 27.3. The standard InChI is InChI=1S/C35H45N7O4/c1-6-46-18-17-40(30-11-12-32-28(19-30)14-16-41(32)35(45)36-5)31-13-15-37-33(20-31)38-34(44)27-7-9-29(10-8-27)39-21-24(2)42(23-26(4)43)25(3)22-39/h7-16,19-20,24-26,43H,6,17-18,21-23H2,1-5H3,(H,36,45)(H,37,38,44)/t24-,25+,26-/m0/s1. The highest BCUT2D eigenvalue weighted by atomic mass is 16.5. The highest BCUT2D eigenvalue weighted by Gasteiger charge is 2.30. The van der Waals surface area contributed by atoms with Gasteiger partial charge >= 0.3 is 6.03 Å². The lowest BCUT2D eigenvalue weighted by Crippen LogP contribution is -2.58. The second-order valence-corrected chi connectivity index (χ2v) is 11.9. The van der Waals surface area contributed by atoms with Crippen molar-refractivity contribution < 1.29 is 19.4 Å². The molecule has 2 amide bonds. The average Bonchev–Trinajstić information content (AvgIpc) is 3.48. The molecule has 0 saturated carbocycles. The lowest BCUT2D eigenvalue weighted by molar-refractivity contribution is 0.0653. The molecule has 11 nitrogen and oxygen atoms in total. The predicted molar refractivity (Wildman–Crippen MR) is 183 cm³/mol. The Balaban J connectivity index is 1.30. The van der Waals surface area contributed by atoms with Crippen molar-refractivity contribution in [2.75, 3.05) is 61.6 Å². The fourth-order valence-corrected chi connectivity index (χ4v) is 6.20. The van der Waals surface area contributed by atoms with Gasteiger partial charge < -0.3 is 30.3 Å². The monoisotopic (exact) mass is 627 g/mol. The minimum absolute atomic E-state index is 0.198. The molecule has 3 heterocycles. The lowest BCUT2D eigenvalue weighted by atomic mass is 10.1. The summed E-state index contributed by atoms with van der Waals surface area (Å²) in [7, 11) is 1.61. The van der Waals surface area contributed by atoms with E-state index in [2.05, 4.69) is 44.2 Å². The molecule has 0 aliphatic carbocycles. The molecule has 2 aromatic carbocycles. The smallest absolute Gasteiger partial charge is 0.325 e. The van der Waals surface area contributed by atoms with E-state index in [0.717, 1.165) is 41.1 Å². The van der Waals surface area contributed by atoms with E-state index in [0.29, 0.717) is 49.8 Å². The summed E-state index contributed by atoms with van der Waals surface area (Å²) in [5.74, 6) is 0.203. The van der Waals surface area contributed by atoms with Crippen LogP contribution in [0.25, 0.3) is 10.9 Å². The first-order valence-corrected chi connectivity index (χ1v) is 15.9. The van der Waals surface area contributed by atoms with Crippen molar-refractivity contribution in [2.45, 2.75) is 45.9 Å². The van der Waals surface area contributed by atoms with E-state index in [4.69, 9.17) is 4.74 Å². The second-order valence-electron chi connectivity index (χ2n) is 11.9. The summed E-state index contributed by atoms with van der Waals surface area (Å²) in [5, 5.41) is 16.4. The third-order valence-electron chi connectivity index (χ3n) is 8.45. The molecule has 244 valence electrons. The van der Waals surface area contributed by atoms with Gasteiger partial charge in [0, 0.05) is 98.4 Å². The summed E-state index contributed by atoms with van der Waals surface area (Å²) in [6, 6.07) is 19.7. The number of amides is 2. The maximum Gasteiger partial charge on any atom is 0.325 e. The van der Waals surface area contributed by atoms with Crippen molar-refractivity contribution in [1.82, 2.24) is 19.8 Å². The molecule has 5 rings (SSSR count). The van der Waals surface area contributed by atoms with Crippen LogP contribution in [0.3, 0.4) is 0 Å². The van der Waals surface area contributed by atoms with E-state index >= 15 is 0 Å². The Bertz CT molecular complexity index is 1630. The van der Waals surface area contributed by atoms with E-state index in [9.17, 15) is 14.7 Å². The molecule has 46 heavy (non-hydrogen) atoms. The number of hydrogen-bond acceptors (Lipinski definition) is 8. The normalized spacial score (nSPS) is 17.6. The average molecular weight is 628 g/mol. The molecule has 3 N–H and O–H groups in total. The number of nitrogens with one attached hydrogen (secondary N) is 2. The minimum atomic E-state index is -0.359. The number of ether oxygens (including phenoxy) is 1. The molecule has 0 unspecified atom stereocenters. The van der Waals surface area contributed by atoms with Gasteiger partial charge in [-0.1, -0.05) is 0 Å². The predicted octanol–water partition coefficient (Wildman–Crippen LogP) is 4.93. The van der Waals surface area contributed by atoms with Gasteiger partial charge in [-0.05, 0) is 82.3 Å². The summed E-state index contributed by atoms with van der Waals surface area (Å²) in [6.07, 6.45) is 3.08. The van der Waals surface area contributed by atoms with Crippen molar-refractivity contribution in [3.05, 3.63) is 78.6 Å². The number of aliphatic hydroxyl groups excluding tert-OH is 1. The van der Waals surface area contributed by atoms with Crippen LogP contribution < -0.4 is 20.4 Å². The van der Waals surface area contributed by atoms with Crippen LogP contribution in [0.15, 0.2) is 73.1 Å². The molecular formula is C35H45N7O4. The van der Waals surface area contributed by atoms with Crippen molar-refractivity contribution in [3.8, 4) is 0 Å². The summed E-state index contributed by atoms with van der Waals surface area (Å²) in [4.78, 5) is 36.8. The Kier molecular flexibility index (Phi) is 10.6. The quantitative estimate of drug-likeness (QED) is 0.201. The maximum absolute atomic E-state index is 13.3. The molecule has 4 aromatic rings. The van der Waals surface area contributed by atoms with Crippen molar-refractivity contribution >= 4 is 45.7 Å². The van der Waals surface area contributed by atoms with Crippen LogP contribution in [0.4, 0.5) is 27.7 Å². The number of anilines is 4. The summed E-state index contributed by atoms with van der Waals surface area (Å²) >= 11 is 0. The Hall–Kier alpha value is -4.45. The van der Waals surface area contributed by atoms with Crippen LogP contribution in [0, 0.1) is 0 Å². The molecule has 0 radical (unpaired) electrons. The highest BCUT2D eigenvalue weighted by Crippen LogP contribution is 2.30. The van der Waals surface area contributed by atoms with E-state index in [1.54, 1.807) is 24.0 Å². The van der Waals surface area contributed by atoms with Gasteiger partial charge in [0.25, 0.3) is 5.91 Å². The number of aliphatic hydroxyl groups is 1. The number of nitrogens with zero attached hydrogens (tertiary/aromatic N) is 5. The van der Waals surface area contributed by atoms with Gasteiger partial charge in [0.1, 0.15) is 5.82 Å². The zero-order valence-corrected chi connectivity index (χ0v) is 27.3. The first kappa shape index (κ1) is 32.9. The summed E-state index contributed by atoms with van der Waals surface area (Å²) in [6.45, 7) is 12.2. The molecular weight excluding hydrogens is 582 g/mol. The van der Waals surface area contributed by atoms with Crippen LogP contribution in [-0.2, 0) is 4.74 Å². The maximum atomic E-state index is 13.3. The number of rotatable bonds is 11. The number of carbonyl (C=O) groups is 2. The Morgan fingerprint density at radius 3 is 2.43 bits per heavy atom.